The van der Waals surface area contributed by atoms with Gasteiger partial charge in [-0.25, -0.2) is 0 Å². The molecule has 15 heavy (non-hydrogen) atoms. The van der Waals surface area contributed by atoms with Crippen LogP contribution in [0.1, 0.15) is 33.6 Å². The Bertz CT molecular complexity index is 177. The van der Waals surface area contributed by atoms with Crippen LogP contribution in [0.25, 0.3) is 0 Å². The van der Waals surface area contributed by atoms with Gasteiger partial charge in [0.05, 0.1) is 25.2 Å². The second-order valence-corrected chi connectivity index (χ2v) is 3.88. The molecule has 0 bridgehead atoms. The normalized spacial score (nSPS) is 11.5. The van der Waals surface area contributed by atoms with Crippen molar-refractivity contribution in [2.45, 2.75) is 39.2 Å². The number of rotatable bonds is 8. The average molecular weight is 218 g/mol. The molecular weight excluding hydrogens is 196 g/mol. The lowest BCUT2D eigenvalue weighted by molar-refractivity contribution is -0.144. The first-order valence-corrected chi connectivity index (χ1v) is 5.30. The first-order chi connectivity index (χ1) is 7.02. The van der Waals surface area contributed by atoms with Gasteiger partial charge in [-0.15, -0.1) is 0 Å². The van der Waals surface area contributed by atoms with Crippen molar-refractivity contribution in [2.75, 3.05) is 26.9 Å². The topological polar surface area (TPSA) is 44.8 Å². The Morgan fingerprint density at radius 3 is 2.47 bits per heavy atom. The van der Waals surface area contributed by atoms with Crippen LogP contribution in [0.3, 0.4) is 0 Å². The summed E-state index contributed by atoms with van der Waals surface area (Å²) in [5.41, 5.74) is -0.163. The summed E-state index contributed by atoms with van der Waals surface area (Å²) < 4.78 is 15.3. The van der Waals surface area contributed by atoms with Gasteiger partial charge in [0.15, 0.2) is 0 Å². The standard InChI is InChI=1S/C11H22O4/c1-5-15-10(12)6-8-14-9-7-11(2,3)13-4/h5-9H2,1-4H3. The van der Waals surface area contributed by atoms with Crippen molar-refractivity contribution in [3.05, 3.63) is 0 Å². The molecule has 0 saturated carbocycles. The van der Waals surface area contributed by atoms with Gasteiger partial charge in [-0.2, -0.15) is 0 Å². The van der Waals surface area contributed by atoms with Crippen LogP contribution >= 0.6 is 0 Å². The van der Waals surface area contributed by atoms with E-state index in [1.54, 1.807) is 14.0 Å². The summed E-state index contributed by atoms with van der Waals surface area (Å²) in [4.78, 5) is 10.9. The minimum atomic E-state index is -0.205. The molecule has 0 N–H and O–H groups in total. The summed E-state index contributed by atoms with van der Waals surface area (Å²) in [6.07, 6.45) is 1.13. The summed E-state index contributed by atoms with van der Waals surface area (Å²) in [5.74, 6) is -0.205. The fourth-order valence-electron chi connectivity index (χ4n) is 0.911. The second-order valence-electron chi connectivity index (χ2n) is 3.88. The van der Waals surface area contributed by atoms with Crippen molar-refractivity contribution >= 4 is 5.97 Å². The molecule has 0 rings (SSSR count). The monoisotopic (exact) mass is 218 g/mol. The number of esters is 1. The van der Waals surface area contributed by atoms with Gasteiger partial charge in [0.1, 0.15) is 0 Å². The van der Waals surface area contributed by atoms with Crippen molar-refractivity contribution in [1.29, 1.82) is 0 Å². The fourth-order valence-corrected chi connectivity index (χ4v) is 0.911. The predicted octanol–water partition coefficient (Wildman–Crippen LogP) is 1.77. The van der Waals surface area contributed by atoms with Crippen LogP contribution < -0.4 is 0 Å². The van der Waals surface area contributed by atoms with Gasteiger partial charge in [0, 0.05) is 13.7 Å². The van der Waals surface area contributed by atoms with Gasteiger partial charge in [-0.3, -0.25) is 4.79 Å². The largest absolute Gasteiger partial charge is 0.466 e. The minimum absolute atomic E-state index is 0.163. The lowest BCUT2D eigenvalue weighted by atomic mass is 10.1. The lowest BCUT2D eigenvalue weighted by Crippen LogP contribution is -2.24. The summed E-state index contributed by atoms with van der Waals surface area (Å²) in [6, 6.07) is 0. The van der Waals surface area contributed by atoms with E-state index in [4.69, 9.17) is 14.2 Å². The quantitative estimate of drug-likeness (QED) is 0.460. The molecular formula is C11H22O4. The summed E-state index contributed by atoms with van der Waals surface area (Å²) in [6.45, 7) is 7.23. The molecule has 0 radical (unpaired) electrons. The van der Waals surface area contributed by atoms with Gasteiger partial charge in [0.25, 0.3) is 0 Å². The molecule has 90 valence electrons. The van der Waals surface area contributed by atoms with Crippen molar-refractivity contribution in [1.82, 2.24) is 0 Å². The van der Waals surface area contributed by atoms with Crippen molar-refractivity contribution < 1.29 is 19.0 Å². The number of methoxy groups -OCH3 is 1. The molecule has 0 aromatic heterocycles. The Morgan fingerprint density at radius 2 is 1.93 bits per heavy atom. The molecule has 0 spiro atoms. The molecule has 4 heteroatoms. The third-order valence-corrected chi connectivity index (χ3v) is 2.16. The first-order valence-electron chi connectivity index (χ1n) is 5.30. The van der Waals surface area contributed by atoms with Crippen LogP contribution in [0.15, 0.2) is 0 Å². The molecule has 0 fully saturated rings. The SMILES string of the molecule is CCOC(=O)CCOCCC(C)(C)OC. The molecule has 0 amide bonds. The van der Waals surface area contributed by atoms with Crippen molar-refractivity contribution in [2.24, 2.45) is 0 Å². The maximum atomic E-state index is 10.9. The molecule has 0 aliphatic carbocycles. The summed E-state index contributed by atoms with van der Waals surface area (Å²) >= 11 is 0. The number of ether oxygens (including phenoxy) is 3. The molecule has 0 heterocycles. The number of carbonyl (C=O) groups is 1. The Hall–Kier alpha value is -0.610. The maximum Gasteiger partial charge on any atom is 0.308 e. The van der Waals surface area contributed by atoms with Crippen LogP contribution in [0.4, 0.5) is 0 Å². The van der Waals surface area contributed by atoms with Crippen LogP contribution in [0.2, 0.25) is 0 Å². The van der Waals surface area contributed by atoms with Gasteiger partial charge in [0.2, 0.25) is 0 Å². The number of carbonyl (C=O) groups excluding carboxylic acids is 1. The number of hydrogen-bond donors (Lipinski definition) is 0. The number of hydrogen-bond acceptors (Lipinski definition) is 4. The van der Waals surface area contributed by atoms with Crippen LogP contribution in [-0.2, 0) is 19.0 Å². The first kappa shape index (κ1) is 14.4. The van der Waals surface area contributed by atoms with E-state index < -0.39 is 0 Å². The molecule has 0 saturated heterocycles. The highest BCUT2D eigenvalue weighted by Crippen LogP contribution is 2.12. The minimum Gasteiger partial charge on any atom is -0.466 e. The average Bonchev–Trinajstić information content (AvgIpc) is 2.17. The van der Waals surface area contributed by atoms with Crippen molar-refractivity contribution in [3.8, 4) is 0 Å². The van der Waals surface area contributed by atoms with E-state index in [0.29, 0.717) is 26.2 Å². The van der Waals surface area contributed by atoms with Gasteiger partial charge in [-0.05, 0) is 27.2 Å². The fraction of sp³-hybridized carbons (Fsp3) is 0.909. The van der Waals surface area contributed by atoms with E-state index in [9.17, 15) is 4.79 Å². The van der Waals surface area contributed by atoms with Crippen molar-refractivity contribution in [3.63, 3.8) is 0 Å². The zero-order valence-corrected chi connectivity index (χ0v) is 10.2. The highest BCUT2D eigenvalue weighted by molar-refractivity contribution is 5.69. The van der Waals surface area contributed by atoms with E-state index in [0.717, 1.165) is 6.42 Å². The Morgan fingerprint density at radius 1 is 1.27 bits per heavy atom. The second kappa shape index (κ2) is 7.65. The van der Waals surface area contributed by atoms with E-state index in [2.05, 4.69) is 0 Å². The third kappa shape index (κ3) is 8.39. The zero-order chi connectivity index (χ0) is 11.7. The summed E-state index contributed by atoms with van der Waals surface area (Å²) in [7, 11) is 1.68. The third-order valence-electron chi connectivity index (χ3n) is 2.16. The highest BCUT2D eigenvalue weighted by atomic mass is 16.5. The zero-order valence-electron chi connectivity index (χ0n) is 10.2. The van der Waals surface area contributed by atoms with E-state index in [1.165, 1.54) is 0 Å². The molecule has 0 atom stereocenters. The van der Waals surface area contributed by atoms with Crippen LogP contribution in [0, 0.1) is 0 Å². The lowest BCUT2D eigenvalue weighted by Gasteiger charge is -2.22. The van der Waals surface area contributed by atoms with E-state index in [1.807, 2.05) is 13.8 Å². The van der Waals surface area contributed by atoms with Gasteiger partial charge < -0.3 is 14.2 Å². The molecule has 0 unspecified atom stereocenters. The Kier molecular flexibility index (Phi) is 7.34. The van der Waals surface area contributed by atoms with E-state index in [-0.39, 0.29) is 11.6 Å². The molecule has 0 aromatic carbocycles. The smallest absolute Gasteiger partial charge is 0.308 e. The van der Waals surface area contributed by atoms with E-state index >= 15 is 0 Å². The molecule has 4 nitrogen and oxygen atoms in total. The summed E-state index contributed by atoms with van der Waals surface area (Å²) in [5, 5.41) is 0. The van der Waals surface area contributed by atoms with Gasteiger partial charge in [-0.1, -0.05) is 0 Å². The van der Waals surface area contributed by atoms with Crippen LogP contribution in [-0.4, -0.2) is 38.5 Å². The van der Waals surface area contributed by atoms with Gasteiger partial charge >= 0.3 is 5.97 Å². The predicted molar refractivity (Wildman–Crippen MR) is 57.8 cm³/mol. The molecule has 0 aromatic rings. The van der Waals surface area contributed by atoms with Crippen LogP contribution in [0.5, 0.6) is 0 Å². The molecule has 0 aliphatic heterocycles. The Labute approximate surface area is 91.9 Å². The molecule has 0 aliphatic rings. The Balaban J connectivity index is 3.36. The highest BCUT2D eigenvalue weighted by Gasteiger charge is 2.15. The maximum absolute atomic E-state index is 10.9.